The van der Waals surface area contributed by atoms with E-state index in [2.05, 4.69) is 51.1 Å². The van der Waals surface area contributed by atoms with Gasteiger partial charge in [-0.15, -0.1) is 24.8 Å². The van der Waals surface area contributed by atoms with E-state index in [1.165, 1.54) is 15.5 Å². The number of piperazine rings is 1. The van der Waals surface area contributed by atoms with Gasteiger partial charge in [0.25, 0.3) is 0 Å². The van der Waals surface area contributed by atoms with Gasteiger partial charge in [-0.3, -0.25) is 4.79 Å². The van der Waals surface area contributed by atoms with Crippen molar-refractivity contribution in [1.29, 1.82) is 0 Å². The minimum Gasteiger partial charge on any atom is -0.340 e. The number of halogens is 2. The van der Waals surface area contributed by atoms with Crippen molar-refractivity contribution < 1.29 is 4.79 Å². The summed E-state index contributed by atoms with van der Waals surface area (Å²) in [7, 11) is 0. The maximum Gasteiger partial charge on any atom is 0.159 e. The number of carbonyl (C=O) groups excluding carboxylic acids is 1. The number of hydrogen-bond acceptors (Lipinski definition) is 6. The van der Waals surface area contributed by atoms with Crippen LogP contribution in [0.4, 0.5) is 11.4 Å². The molecular weight excluding hydrogens is 463 g/mol. The van der Waals surface area contributed by atoms with E-state index in [1.54, 1.807) is 18.7 Å². The Hall–Kier alpha value is -1.28. The number of anilines is 2. The lowest BCUT2D eigenvalue weighted by Gasteiger charge is -2.36. The minimum atomic E-state index is 0. The second kappa shape index (κ2) is 12.8. The van der Waals surface area contributed by atoms with Crippen LogP contribution in [-0.4, -0.2) is 67.9 Å². The first-order valence-electron chi connectivity index (χ1n) is 11.0. The van der Waals surface area contributed by atoms with Crippen LogP contribution in [0.25, 0.3) is 0 Å². The fourth-order valence-corrected chi connectivity index (χ4v) is 5.37. The van der Waals surface area contributed by atoms with Crippen LogP contribution in [0.1, 0.15) is 30.1 Å². The first-order valence-corrected chi connectivity index (χ1v) is 11.8. The lowest BCUT2D eigenvalue weighted by Crippen LogP contribution is -2.47. The van der Waals surface area contributed by atoms with E-state index in [9.17, 15) is 4.79 Å². The molecule has 32 heavy (non-hydrogen) atoms. The van der Waals surface area contributed by atoms with E-state index in [1.807, 2.05) is 6.07 Å². The minimum absolute atomic E-state index is 0. The fraction of sp³-hybridized carbons (Fsp3) is 0.458. The van der Waals surface area contributed by atoms with Gasteiger partial charge in [-0.2, -0.15) is 0 Å². The lowest BCUT2D eigenvalue weighted by molar-refractivity contribution is 0.101. The van der Waals surface area contributed by atoms with Gasteiger partial charge in [0.05, 0.1) is 11.4 Å². The van der Waals surface area contributed by atoms with Gasteiger partial charge in [-0.25, -0.2) is 0 Å². The molecule has 0 spiro atoms. The molecule has 0 saturated carbocycles. The molecule has 2 aliphatic heterocycles. The molecule has 8 heteroatoms. The molecule has 0 amide bonds. The standard InChI is InChI=1S/C24H32N4OS.2ClH/c1-19(29)20-8-9-24-22(18-20)28(21-6-2-3-7-23(21)30-24)13-5-12-27-16-14-26(15-17-27)11-4-10-25;;/h2-3,6-9,18H,4-5,10-17,25H2,1H3;2*1H. The number of carbonyl (C=O) groups is 1. The van der Waals surface area contributed by atoms with Crippen LogP contribution >= 0.6 is 36.6 Å². The number of nitrogens with two attached hydrogens (primary N) is 1. The predicted octanol–water partition coefficient (Wildman–Crippen LogP) is 4.69. The number of ketones is 1. The average Bonchev–Trinajstić information content (AvgIpc) is 2.77. The topological polar surface area (TPSA) is 52.8 Å². The molecule has 2 aromatic carbocycles. The van der Waals surface area contributed by atoms with Crippen molar-refractivity contribution in [1.82, 2.24) is 9.80 Å². The molecule has 0 bridgehead atoms. The van der Waals surface area contributed by atoms with E-state index in [4.69, 9.17) is 5.73 Å². The molecular formula is C24H34Cl2N4OS. The number of para-hydroxylation sites is 1. The van der Waals surface area contributed by atoms with Crippen molar-refractivity contribution in [2.45, 2.75) is 29.6 Å². The van der Waals surface area contributed by atoms with E-state index >= 15 is 0 Å². The van der Waals surface area contributed by atoms with Crippen LogP contribution in [0.5, 0.6) is 0 Å². The van der Waals surface area contributed by atoms with Crippen LogP contribution < -0.4 is 10.6 Å². The van der Waals surface area contributed by atoms with Crippen LogP contribution in [0, 0.1) is 0 Å². The van der Waals surface area contributed by atoms with E-state index < -0.39 is 0 Å². The van der Waals surface area contributed by atoms with Crippen LogP contribution in [-0.2, 0) is 0 Å². The Bertz CT molecular complexity index is 890. The third-order valence-electron chi connectivity index (χ3n) is 6.03. The first kappa shape index (κ1) is 27.0. The summed E-state index contributed by atoms with van der Waals surface area (Å²) in [6.07, 6.45) is 2.19. The molecule has 2 N–H and O–H groups in total. The van der Waals surface area contributed by atoms with Gasteiger partial charge in [0.1, 0.15) is 0 Å². The van der Waals surface area contributed by atoms with Crippen molar-refractivity contribution in [2.24, 2.45) is 5.73 Å². The molecule has 176 valence electrons. The van der Waals surface area contributed by atoms with Gasteiger partial charge >= 0.3 is 0 Å². The largest absolute Gasteiger partial charge is 0.340 e. The molecule has 5 nitrogen and oxygen atoms in total. The molecule has 1 fully saturated rings. The van der Waals surface area contributed by atoms with Crippen molar-refractivity contribution in [3.63, 3.8) is 0 Å². The Labute approximate surface area is 208 Å². The summed E-state index contributed by atoms with van der Waals surface area (Å²) in [5.41, 5.74) is 8.84. The Balaban J connectivity index is 0.00000181. The molecule has 0 aliphatic carbocycles. The molecule has 2 aromatic rings. The maximum absolute atomic E-state index is 12.0. The van der Waals surface area contributed by atoms with Gasteiger partial charge in [0, 0.05) is 48.1 Å². The summed E-state index contributed by atoms with van der Waals surface area (Å²) < 4.78 is 0. The Kier molecular flexibility index (Phi) is 10.8. The zero-order valence-corrected chi connectivity index (χ0v) is 21.1. The quantitative estimate of drug-likeness (QED) is 0.534. The summed E-state index contributed by atoms with van der Waals surface area (Å²) in [6.45, 7) is 10.2. The molecule has 1 saturated heterocycles. The molecule has 2 heterocycles. The summed E-state index contributed by atoms with van der Waals surface area (Å²) in [6, 6.07) is 14.7. The number of Topliss-reactive ketones (excluding diaryl/α,β-unsaturated/α-hetero) is 1. The van der Waals surface area contributed by atoms with Gasteiger partial charge < -0.3 is 20.4 Å². The van der Waals surface area contributed by atoms with Gasteiger partial charge in [-0.05, 0) is 63.7 Å². The van der Waals surface area contributed by atoms with Crippen molar-refractivity contribution in [2.75, 3.05) is 57.3 Å². The third kappa shape index (κ3) is 6.40. The Morgan fingerprint density at radius 1 is 0.875 bits per heavy atom. The highest BCUT2D eigenvalue weighted by Gasteiger charge is 2.24. The lowest BCUT2D eigenvalue weighted by atomic mass is 10.1. The zero-order chi connectivity index (χ0) is 20.9. The molecule has 0 unspecified atom stereocenters. The monoisotopic (exact) mass is 496 g/mol. The first-order chi connectivity index (χ1) is 14.7. The predicted molar refractivity (Wildman–Crippen MR) is 140 cm³/mol. The number of hydrogen-bond donors (Lipinski definition) is 1. The van der Waals surface area contributed by atoms with E-state index in [0.29, 0.717) is 0 Å². The molecule has 0 aromatic heterocycles. The van der Waals surface area contributed by atoms with Crippen LogP contribution in [0.15, 0.2) is 52.3 Å². The second-order valence-corrected chi connectivity index (χ2v) is 9.22. The fourth-order valence-electron chi connectivity index (χ4n) is 4.29. The normalized spacial score (nSPS) is 15.9. The highest BCUT2D eigenvalue weighted by Crippen LogP contribution is 2.48. The zero-order valence-electron chi connectivity index (χ0n) is 18.7. The molecule has 0 atom stereocenters. The number of fused-ring (bicyclic) bond motifs is 2. The summed E-state index contributed by atoms with van der Waals surface area (Å²) >= 11 is 1.80. The summed E-state index contributed by atoms with van der Waals surface area (Å²) in [4.78, 5) is 22.0. The summed E-state index contributed by atoms with van der Waals surface area (Å²) in [5.74, 6) is 0.120. The molecule has 0 radical (unpaired) electrons. The van der Waals surface area contributed by atoms with Crippen molar-refractivity contribution >= 4 is 53.7 Å². The van der Waals surface area contributed by atoms with Crippen molar-refractivity contribution in [3.05, 3.63) is 48.0 Å². The van der Waals surface area contributed by atoms with Crippen molar-refractivity contribution in [3.8, 4) is 0 Å². The van der Waals surface area contributed by atoms with Gasteiger partial charge in [-0.1, -0.05) is 30.0 Å². The number of benzene rings is 2. The number of nitrogens with zero attached hydrogens (tertiary/aromatic N) is 3. The van der Waals surface area contributed by atoms with E-state index in [0.717, 1.165) is 76.5 Å². The Morgan fingerprint density at radius 3 is 2.16 bits per heavy atom. The SMILES string of the molecule is CC(=O)c1ccc2c(c1)N(CCCN1CCN(CCCN)CC1)c1ccccc1S2.Cl.Cl. The molecule has 4 rings (SSSR count). The third-order valence-corrected chi connectivity index (χ3v) is 7.16. The second-order valence-electron chi connectivity index (χ2n) is 8.14. The molecule has 2 aliphatic rings. The Morgan fingerprint density at radius 2 is 1.50 bits per heavy atom. The highest BCUT2D eigenvalue weighted by atomic mass is 35.5. The highest BCUT2D eigenvalue weighted by molar-refractivity contribution is 7.99. The number of rotatable bonds is 8. The van der Waals surface area contributed by atoms with E-state index in [-0.39, 0.29) is 30.6 Å². The van der Waals surface area contributed by atoms with Gasteiger partial charge in [0.2, 0.25) is 0 Å². The smallest absolute Gasteiger partial charge is 0.159 e. The van der Waals surface area contributed by atoms with Crippen LogP contribution in [0.2, 0.25) is 0 Å². The van der Waals surface area contributed by atoms with Crippen LogP contribution in [0.3, 0.4) is 0 Å². The van der Waals surface area contributed by atoms with Gasteiger partial charge in [0.15, 0.2) is 5.78 Å². The summed E-state index contributed by atoms with van der Waals surface area (Å²) in [5, 5.41) is 0. The maximum atomic E-state index is 12.0. The average molecular weight is 498 g/mol.